The standard InChI is InChI=1S/C20H21N3O3/c1-14-18(19(26-22-14)16-9-4-5-10-17(16)25-3)20(24)23(2)13-11-15-8-6-7-12-21-15/h4-10,12H,11,13H2,1-3H3. The van der Waals surface area contributed by atoms with Gasteiger partial charge in [-0.25, -0.2) is 0 Å². The van der Waals surface area contributed by atoms with E-state index in [2.05, 4.69) is 10.1 Å². The van der Waals surface area contributed by atoms with E-state index in [1.54, 1.807) is 32.2 Å². The van der Waals surface area contributed by atoms with Crippen molar-refractivity contribution < 1.29 is 14.1 Å². The minimum Gasteiger partial charge on any atom is -0.496 e. The normalized spacial score (nSPS) is 10.6. The van der Waals surface area contributed by atoms with Crippen molar-refractivity contribution >= 4 is 5.91 Å². The molecule has 0 unspecified atom stereocenters. The Balaban J connectivity index is 1.84. The number of carbonyl (C=O) groups excluding carboxylic acids is 1. The first-order valence-corrected chi connectivity index (χ1v) is 8.37. The molecule has 0 saturated heterocycles. The van der Waals surface area contributed by atoms with Gasteiger partial charge in [-0.05, 0) is 31.2 Å². The molecule has 0 radical (unpaired) electrons. The summed E-state index contributed by atoms with van der Waals surface area (Å²) in [5, 5.41) is 4.00. The molecule has 0 aliphatic carbocycles. The molecule has 0 aliphatic rings. The lowest BCUT2D eigenvalue weighted by Gasteiger charge is -2.17. The number of benzene rings is 1. The van der Waals surface area contributed by atoms with Crippen LogP contribution in [0.25, 0.3) is 11.3 Å². The average molecular weight is 351 g/mol. The maximum absolute atomic E-state index is 13.0. The molecule has 0 saturated carbocycles. The minimum absolute atomic E-state index is 0.138. The molecule has 134 valence electrons. The lowest BCUT2D eigenvalue weighted by Crippen LogP contribution is -2.29. The third-order valence-corrected chi connectivity index (χ3v) is 4.20. The Hall–Kier alpha value is -3.15. The van der Waals surface area contributed by atoms with Gasteiger partial charge in [0.25, 0.3) is 5.91 Å². The van der Waals surface area contributed by atoms with Crippen LogP contribution in [-0.4, -0.2) is 41.6 Å². The number of hydrogen-bond donors (Lipinski definition) is 0. The van der Waals surface area contributed by atoms with E-state index in [1.165, 1.54) is 0 Å². The van der Waals surface area contributed by atoms with E-state index < -0.39 is 0 Å². The largest absolute Gasteiger partial charge is 0.496 e. The Morgan fingerprint density at radius 3 is 2.69 bits per heavy atom. The van der Waals surface area contributed by atoms with E-state index in [4.69, 9.17) is 9.26 Å². The van der Waals surface area contributed by atoms with Gasteiger partial charge in [0.1, 0.15) is 11.3 Å². The minimum atomic E-state index is -0.138. The SMILES string of the molecule is COc1ccccc1-c1onc(C)c1C(=O)N(C)CCc1ccccn1. The van der Waals surface area contributed by atoms with Crippen molar-refractivity contribution in [2.24, 2.45) is 0 Å². The van der Waals surface area contributed by atoms with Gasteiger partial charge in [-0.2, -0.15) is 0 Å². The number of likely N-dealkylation sites (N-methyl/N-ethyl adjacent to an activating group) is 1. The lowest BCUT2D eigenvalue weighted by molar-refractivity contribution is 0.0796. The molecule has 1 aromatic carbocycles. The van der Waals surface area contributed by atoms with Gasteiger partial charge < -0.3 is 14.2 Å². The number of pyridine rings is 1. The molecule has 2 aromatic heterocycles. The molecule has 3 rings (SSSR count). The molecule has 0 atom stereocenters. The summed E-state index contributed by atoms with van der Waals surface area (Å²) < 4.78 is 10.9. The summed E-state index contributed by atoms with van der Waals surface area (Å²) in [5.41, 5.74) is 2.66. The summed E-state index contributed by atoms with van der Waals surface area (Å²) in [6, 6.07) is 13.2. The van der Waals surface area contributed by atoms with Crippen LogP contribution in [0.3, 0.4) is 0 Å². The third kappa shape index (κ3) is 3.59. The molecular weight excluding hydrogens is 330 g/mol. The molecule has 0 N–H and O–H groups in total. The monoisotopic (exact) mass is 351 g/mol. The maximum Gasteiger partial charge on any atom is 0.259 e. The van der Waals surface area contributed by atoms with Crippen LogP contribution in [0.4, 0.5) is 0 Å². The number of aromatic nitrogens is 2. The molecule has 2 heterocycles. The van der Waals surface area contributed by atoms with E-state index in [9.17, 15) is 4.79 Å². The van der Waals surface area contributed by atoms with Crippen LogP contribution in [0.15, 0.2) is 53.2 Å². The maximum atomic E-state index is 13.0. The Labute approximate surface area is 152 Å². The van der Waals surface area contributed by atoms with Crippen molar-refractivity contribution in [2.75, 3.05) is 20.7 Å². The quantitative estimate of drug-likeness (QED) is 0.681. The zero-order valence-corrected chi connectivity index (χ0v) is 15.1. The number of hydrogen-bond acceptors (Lipinski definition) is 5. The van der Waals surface area contributed by atoms with Crippen LogP contribution < -0.4 is 4.74 Å². The highest BCUT2D eigenvalue weighted by molar-refractivity contribution is 6.01. The van der Waals surface area contributed by atoms with Gasteiger partial charge in [0.05, 0.1) is 18.4 Å². The Morgan fingerprint density at radius 1 is 1.19 bits per heavy atom. The zero-order chi connectivity index (χ0) is 18.5. The van der Waals surface area contributed by atoms with Crippen LogP contribution in [-0.2, 0) is 6.42 Å². The van der Waals surface area contributed by atoms with Crippen molar-refractivity contribution in [2.45, 2.75) is 13.3 Å². The fourth-order valence-electron chi connectivity index (χ4n) is 2.76. The summed E-state index contributed by atoms with van der Waals surface area (Å²) in [6.45, 7) is 2.31. The van der Waals surface area contributed by atoms with Crippen LogP contribution in [0, 0.1) is 6.92 Å². The number of para-hydroxylation sites is 1. The predicted octanol–water partition coefficient (Wildman–Crippen LogP) is 3.37. The van der Waals surface area contributed by atoms with Gasteiger partial charge in [-0.1, -0.05) is 23.4 Å². The van der Waals surface area contributed by atoms with Crippen molar-refractivity contribution in [1.82, 2.24) is 15.0 Å². The van der Waals surface area contributed by atoms with Crippen LogP contribution in [0.5, 0.6) is 5.75 Å². The molecule has 6 heteroatoms. The van der Waals surface area contributed by atoms with Gasteiger partial charge in [-0.15, -0.1) is 0 Å². The van der Waals surface area contributed by atoms with E-state index in [1.807, 2.05) is 42.5 Å². The molecule has 6 nitrogen and oxygen atoms in total. The highest BCUT2D eigenvalue weighted by Gasteiger charge is 2.26. The number of methoxy groups -OCH3 is 1. The zero-order valence-electron chi connectivity index (χ0n) is 15.1. The summed E-state index contributed by atoms with van der Waals surface area (Å²) in [7, 11) is 3.35. The Morgan fingerprint density at radius 2 is 1.96 bits per heavy atom. The average Bonchev–Trinajstić information content (AvgIpc) is 3.07. The second kappa shape index (κ2) is 7.82. The van der Waals surface area contributed by atoms with Gasteiger partial charge in [0.15, 0.2) is 5.76 Å². The molecule has 3 aromatic rings. The molecule has 0 fully saturated rings. The van der Waals surface area contributed by atoms with E-state index in [-0.39, 0.29) is 5.91 Å². The van der Waals surface area contributed by atoms with E-state index in [0.717, 1.165) is 5.69 Å². The van der Waals surface area contributed by atoms with Gasteiger partial charge in [0, 0.05) is 31.9 Å². The molecule has 0 aliphatic heterocycles. The van der Waals surface area contributed by atoms with Crippen molar-refractivity contribution in [3.05, 3.63) is 65.6 Å². The fourth-order valence-corrected chi connectivity index (χ4v) is 2.76. The molecule has 26 heavy (non-hydrogen) atoms. The first kappa shape index (κ1) is 17.7. The smallest absolute Gasteiger partial charge is 0.259 e. The van der Waals surface area contributed by atoms with Crippen molar-refractivity contribution in [3.63, 3.8) is 0 Å². The van der Waals surface area contributed by atoms with E-state index >= 15 is 0 Å². The van der Waals surface area contributed by atoms with Gasteiger partial charge >= 0.3 is 0 Å². The molecule has 0 spiro atoms. The summed E-state index contributed by atoms with van der Waals surface area (Å²) in [4.78, 5) is 19.0. The third-order valence-electron chi connectivity index (χ3n) is 4.20. The van der Waals surface area contributed by atoms with Crippen LogP contribution in [0.2, 0.25) is 0 Å². The van der Waals surface area contributed by atoms with Gasteiger partial charge in [0.2, 0.25) is 0 Å². The molecule has 1 amide bonds. The van der Waals surface area contributed by atoms with Crippen molar-refractivity contribution in [1.29, 1.82) is 0 Å². The highest BCUT2D eigenvalue weighted by Crippen LogP contribution is 2.34. The highest BCUT2D eigenvalue weighted by atomic mass is 16.5. The number of carbonyl (C=O) groups is 1. The Bertz CT molecular complexity index is 890. The predicted molar refractivity (Wildman–Crippen MR) is 98.1 cm³/mol. The first-order valence-electron chi connectivity index (χ1n) is 8.37. The van der Waals surface area contributed by atoms with Crippen molar-refractivity contribution in [3.8, 4) is 17.1 Å². The number of nitrogens with zero attached hydrogens (tertiary/aromatic N) is 3. The number of ether oxygens (including phenoxy) is 1. The lowest BCUT2D eigenvalue weighted by atomic mass is 10.0. The molecule has 0 bridgehead atoms. The fraction of sp³-hybridized carbons (Fsp3) is 0.250. The number of amides is 1. The van der Waals surface area contributed by atoms with E-state index in [0.29, 0.717) is 41.3 Å². The topological polar surface area (TPSA) is 68.5 Å². The summed E-state index contributed by atoms with van der Waals surface area (Å²) in [5.74, 6) is 0.920. The number of rotatable bonds is 6. The number of aryl methyl sites for hydroxylation is 1. The summed E-state index contributed by atoms with van der Waals surface area (Å²) in [6.07, 6.45) is 2.43. The Kier molecular flexibility index (Phi) is 5.31. The second-order valence-electron chi connectivity index (χ2n) is 5.97. The van der Waals surface area contributed by atoms with Crippen LogP contribution >= 0.6 is 0 Å². The van der Waals surface area contributed by atoms with Gasteiger partial charge in [-0.3, -0.25) is 9.78 Å². The first-order chi connectivity index (χ1) is 12.6. The van der Waals surface area contributed by atoms with Crippen LogP contribution in [0.1, 0.15) is 21.7 Å². The molecular formula is C20H21N3O3. The summed E-state index contributed by atoms with van der Waals surface area (Å²) >= 11 is 0. The second-order valence-corrected chi connectivity index (χ2v) is 5.97.